The molecule has 1 aliphatic rings. The van der Waals surface area contributed by atoms with E-state index in [1.807, 2.05) is 12.1 Å². The molecule has 1 heterocycles. The standard InChI is InChI=1S/C15H14FN3O/c16-12-3-1-2-4-13(12)18-15(20)19-8-7-10-9-11(17)5-6-14(10)19/h1-6,9H,7-8,17H2,(H,18,20). The molecule has 0 atom stereocenters. The molecule has 4 nitrogen and oxygen atoms in total. The van der Waals surface area contributed by atoms with Crippen LogP contribution in [0.2, 0.25) is 0 Å². The van der Waals surface area contributed by atoms with Crippen LogP contribution in [0.4, 0.5) is 26.2 Å². The minimum atomic E-state index is -0.447. The van der Waals surface area contributed by atoms with Crippen LogP contribution in [0, 0.1) is 5.82 Å². The molecule has 0 bridgehead atoms. The summed E-state index contributed by atoms with van der Waals surface area (Å²) in [6.45, 7) is 0.569. The molecule has 5 heteroatoms. The third-order valence-corrected chi connectivity index (χ3v) is 3.36. The third kappa shape index (κ3) is 2.18. The van der Waals surface area contributed by atoms with E-state index in [9.17, 15) is 9.18 Å². The highest BCUT2D eigenvalue weighted by Crippen LogP contribution is 2.30. The fourth-order valence-electron chi connectivity index (χ4n) is 2.38. The van der Waals surface area contributed by atoms with E-state index in [-0.39, 0.29) is 11.7 Å². The minimum absolute atomic E-state index is 0.182. The van der Waals surface area contributed by atoms with E-state index in [0.717, 1.165) is 17.7 Å². The summed E-state index contributed by atoms with van der Waals surface area (Å²) in [6, 6.07) is 11.2. The highest BCUT2D eigenvalue weighted by molar-refractivity contribution is 6.03. The van der Waals surface area contributed by atoms with Crippen LogP contribution in [0.3, 0.4) is 0 Å². The molecule has 0 saturated heterocycles. The number of amides is 2. The molecule has 1 aliphatic heterocycles. The van der Waals surface area contributed by atoms with Crippen molar-refractivity contribution in [3.8, 4) is 0 Å². The number of nitrogens with zero attached hydrogens (tertiary/aromatic N) is 1. The summed E-state index contributed by atoms with van der Waals surface area (Å²) in [5, 5.41) is 2.59. The van der Waals surface area contributed by atoms with Gasteiger partial charge in [-0.15, -0.1) is 0 Å². The number of para-hydroxylation sites is 1. The van der Waals surface area contributed by atoms with Crippen LogP contribution in [-0.4, -0.2) is 12.6 Å². The highest BCUT2D eigenvalue weighted by Gasteiger charge is 2.25. The number of hydrogen-bond acceptors (Lipinski definition) is 2. The van der Waals surface area contributed by atoms with Gasteiger partial charge < -0.3 is 11.1 Å². The fourth-order valence-corrected chi connectivity index (χ4v) is 2.38. The molecule has 2 aromatic carbocycles. The summed E-state index contributed by atoms with van der Waals surface area (Å²) in [5.41, 5.74) is 8.45. The third-order valence-electron chi connectivity index (χ3n) is 3.36. The van der Waals surface area contributed by atoms with Gasteiger partial charge >= 0.3 is 6.03 Å². The molecular formula is C15H14FN3O. The van der Waals surface area contributed by atoms with Gasteiger partial charge in [-0.05, 0) is 42.3 Å². The quantitative estimate of drug-likeness (QED) is 0.783. The van der Waals surface area contributed by atoms with Crippen LogP contribution in [0.1, 0.15) is 5.56 Å². The van der Waals surface area contributed by atoms with E-state index < -0.39 is 5.82 Å². The maximum absolute atomic E-state index is 13.5. The molecule has 0 fully saturated rings. The zero-order valence-corrected chi connectivity index (χ0v) is 10.8. The van der Waals surface area contributed by atoms with Crippen LogP contribution >= 0.6 is 0 Å². The van der Waals surface area contributed by atoms with Gasteiger partial charge in [0.25, 0.3) is 0 Å². The average Bonchev–Trinajstić information content (AvgIpc) is 2.84. The zero-order valence-electron chi connectivity index (χ0n) is 10.8. The summed E-state index contributed by atoms with van der Waals surface area (Å²) in [6.07, 6.45) is 0.755. The number of rotatable bonds is 1. The number of hydrogen-bond donors (Lipinski definition) is 2. The van der Waals surface area contributed by atoms with Crippen molar-refractivity contribution in [3.05, 3.63) is 53.8 Å². The van der Waals surface area contributed by atoms with E-state index in [1.165, 1.54) is 12.1 Å². The summed E-state index contributed by atoms with van der Waals surface area (Å²) >= 11 is 0. The van der Waals surface area contributed by atoms with Gasteiger partial charge in [0.05, 0.1) is 5.69 Å². The fraction of sp³-hybridized carbons (Fsp3) is 0.133. The first-order valence-corrected chi connectivity index (χ1v) is 6.36. The first-order valence-electron chi connectivity index (χ1n) is 6.36. The second-order valence-corrected chi connectivity index (χ2v) is 4.70. The molecule has 0 saturated carbocycles. The Morgan fingerprint density at radius 2 is 2.05 bits per heavy atom. The van der Waals surface area contributed by atoms with Crippen LogP contribution in [0.15, 0.2) is 42.5 Å². The number of benzene rings is 2. The predicted molar refractivity (Wildman–Crippen MR) is 77.3 cm³/mol. The van der Waals surface area contributed by atoms with Crippen molar-refractivity contribution in [1.82, 2.24) is 0 Å². The van der Waals surface area contributed by atoms with Crippen LogP contribution in [0.5, 0.6) is 0 Å². The molecule has 2 aromatic rings. The van der Waals surface area contributed by atoms with Gasteiger partial charge in [-0.2, -0.15) is 0 Å². The van der Waals surface area contributed by atoms with Crippen LogP contribution in [0.25, 0.3) is 0 Å². The molecule has 20 heavy (non-hydrogen) atoms. The highest BCUT2D eigenvalue weighted by atomic mass is 19.1. The lowest BCUT2D eigenvalue weighted by atomic mass is 10.1. The van der Waals surface area contributed by atoms with Gasteiger partial charge in [0.2, 0.25) is 0 Å². The van der Waals surface area contributed by atoms with Crippen molar-refractivity contribution >= 4 is 23.1 Å². The Labute approximate surface area is 116 Å². The van der Waals surface area contributed by atoms with Crippen molar-refractivity contribution in [2.45, 2.75) is 6.42 Å². The topological polar surface area (TPSA) is 58.4 Å². The van der Waals surface area contributed by atoms with Gasteiger partial charge in [0.15, 0.2) is 0 Å². The summed E-state index contributed by atoms with van der Waals surface area (Å²) in [5.74, 6) is -0.447. The molecular weight excluding hydrogens is 257 g/mol. The number of nitrogen functional groups attached to an aromatic ring is 1. The Balaban J connectivity index is 1.82. The van der Waals surface area contributed by atoms with Gasteiger partial charge in [0, 0.05) is 17.9 Å². The van der Waals surface area contributed by atoms with Crippen LogP contribution < -0.4 is 16.0 Å². The largest absolute Gasteiger partial charge is 0.399 e. The Bertz CT molecular complexity index is 672. The van der Waals surface area contributed by atoms with Gasteiger partial charge in [0.1, 0.15) is 5.82 Å². The molecule has 0 unspecified atom stereocenters. The predicted octanol–water partition coefficient (Wildman–Crippen LogP) is 3.00. The van der Waals surface area contributed by atoms with Crippen LogP contribution in [-0.2, 0) is 6.42 Å². The number of nitrogens with two attached hydrogens (primary N) is 1. The lowest BCUT2D eigenvalue weighted by Crippen LogP contribution is -2.33. The van der Waals surface area contributed by atoms with Crippen molar-refractivity contribution < 1.29 is 9.18 Å². The van der Waals surface area contributed by atoms with Gasteiger partial charge in [-0.1, -0.05) is 12.1 Å². The minimum Gasteiger partial charge on any atom is -0.399 e. The Morgan fingerprint density at radius 1 is 1.25 bits per heavy atom. The number of carbonyl (C=O) groups is 1. The van der Waals surface area contributed by atoms with Crippen molar-refractivity contribution in [3.63, 3.8) is 0 Å². The number of urea groups is 1. The molecule has 3 rings (SSSR count). The number of carbonyl (C=O) groups excluding carboxylic acids is 1. The molecule has 0 spiro atoms. The van der Waals surface area contributed by atoms with E-state index in [2.05, 4.69) is 5.32 Å². The number of anilines is 3. The zero-order chi connectivity index (χ0) is 14.1. The van der Waals surface area contributed by atoms with E-state index in [0.29, 0.717) is 12.2 Å². The van der Waals surface area contributed by atoms with Crippen molar-refractivity contribution in [1.29, 1.82) is 0 Å². The second-order valence-electron chi connectivity index (χ2n) is 4.70. The number of halogens is 1. The van der Waals surface area contributed by atoms with Gasteiger partial charge in [-0.3, -0.25) is 4.90 Å². The van der Waals surface area contributed by atoms with E-state index in [1.54, 1.807) is 23.1 Å². The van der Waals surface area contributed by atoms with E-state index >= 15 is 0 Å². The molecule has 3 N–H and O–H groups in total. The molecule has 102 valence electrons. The molecule has 0 aromatic heterocycles. The lowest BCUT2D eigenvalue weighted by molar-refractivity contribution is 0.257. The summed E-state index contributed by atoms with van der Waals surface area (Å²) in [4.78, 5) is 13.8. The molecule has 2 amide bonds. The first-order chi connectivity index (χ1) is 9.65. The smallest absolute Gasteiger partial charge is 0.326 e. The SMILES string of the molecule is Nc1ccc2c(c1)CCN2C(=O)Nc1ccccc1F. The van der Waals surface area contributed by atoms with E-state index in [4.69, 9.17) is 5.73 Å². The second kappa shape index (κ2) is 4.85. The number of nitrogens with one attached hydrogen (secondary N) is 1. The Hall–Kier alpha value is -2.56. The average molecular weight is 271 g/mol. The Kier molecular flexibility index (Phi) is 3.02. The maximum Gasteiger partial charge on any atom is 0.326 e. The summed E-state index contributed by atoms with van der Waals surface area (Å²) in [7, 11) is 0. The summed E-state index contributed by atoms with van der Waals surface area (Å²) < 4.78 is 13.5. The maximum atomic E-state index is 13.5. The molecule has 0 radical (unpaired) electrons. The lowest BCUT2D eigenvalue weighted by Gasteiger charge is -2.18. The molecule has 0 aliphatic carbocycles. The van der Waals surface area contributed by atoms with Crippen molar-refractivity contribution in [2.24, 2.45) is 0 Å². The Morgan fingerprint density at radius 3 is 2.85 bits per heavy atom. The first kappa shape index (κ1) is 12.5. The number of fused-ring (bicyclic) bond motifs is 1. The van der Waals surface area contributed by atoms with Crippen molar-refractivity contribution in [2.75, 3.05) is 22.5 Å². The monoisotopic (exact) mass is 271 g/mol. The van der Waals surface area contributed by atoms with Gasteiger partial charge in [-0.25, -0.2) is 9.18 Å². The normalized spacial score (nSPS) is 13.2.